The number of nitrogens with zero attached hydrogens (tertiary/aromatic N) is 2. The minimum atomic E-state index is -3.38. The Kier molecular flexibility index (Phi) is 9.74. The molecule has 1 aromatic heterocycles. The molecule has 0 saturated carbocycles. The number of aromatic nitrogens is 1. The Morgan fingerprint density at radius 2 is 1.85 bits per heavy atom. The lowest BCUT2D eigenvalue weighted by Gasteiger charge is -2.11. The molecule has 150 valence electrons. The lowest BCUT2D eigenvalue weighted by atomic mass is 10.2. The number of hydrogen-bond donors (Lipinski definition) is 3. The SMILES string of the molecule is CN=C(NCCS(=O)(=O)NCc1ccccc1)NCc1nc(C)c(C)o1.I. The summed E-state index contributed by atoms with van der Waals surface area (Å²) in [7, 11) is -1.76. The first kappa shape index (κ1) is 23.4. The van der Waals surface area contributed by atoms with Gasteiger partial charge in [-0.3, -0.25) is 4.99 Å². The van der Waals surface area contributed by atoms with Gasteiger partial charge in [0.1, 0.15) is 5.76 Å². The third-order valence-electron chi connectivity index (χ3n) is 3.71. The summed E-state index contributed by atoms with van der Waals surface area (Å²) < 4.78 is 32.2. The zero-order valence-corrected chi connectivity index (χ0v) is 18.8. The van der Waals surface area contributed by atoms with Crippen molar-refractivity contribution in [2.75, 3.05) is 19.3 Å². The highest BCUT2D eigenvalue weighted by Gasteiger charge is 2.11. The quantitative estimate of drug-likeness (QED) is 0.285. The summed E-state index contributed by atoms with van der Waals surface area (Å²) in [5.74, 6) is 1.76. The van der Waals surface area contributed by atoms with Crippen LogP contribution in [0.3, 0.4) is 0 Å². The lowest BCUT2D eigenvalue weighted by Crippen LogP contribution is -2.40. The average Bonchev–Trinajstić information content (AvgIpc) is 2.95. The summed E-state index contributed by atoms with van der Waals surface area (Å²) in [6.07, 6.45) is 0. The fourth-order valence-electron chi connectivity index (χ4n) is 2.16. The van der Waals surface area contributed by atoms with Crippen molar-refractivity contribution in [3.8, 4) is 0 Å². The molecule has 0 spiro atoms. The fraction of sp³-hybridized carbons (Fsp3) is 0.412. The number of nitrogens with one attached hydrogen (secondary N) is 3. The summed E-state index contributed by atoms with van der Waals surface area (Å²) in [5, 5.41) is 6.00. The number of oxazole rings is 1. The van der Waals surface area contributed by atoms with Gasteiger partial charge in [-0.15, -0.1) is 24.0 Å². The molecule has 0 fully saturated rings. The van der Waals surface area contributed by atoms with E-state index in [-0.39, 0.29) is 42.8 Å². The van der Waals surface area contributed by atoms with E-state index in [1.165, 1.54) is 0 Å². The lowest BCUT2D eigenvalue weighted by molar-refractivity contribution is 0.464. The summed E-state index contributed by atoms with van der Waals surface area (Å²) >= 11 is 0. The van der Waals surface area contributed by atoms with Crippen molar-refractivity contribution in [1.29, 1.82) is 0 Å². The molecule has 0 radical (unpaired) electrons. The normalized spacial score (nSPS) is 11.7. The number of halogens is 1. The molecular weight excluding hydrogens is 481 g/mol. The van der Waals surface area contributed by atoms with E-state index in [2.05, 4.69) is 25.3 Å². The van der Waals surface area contributed by atoms with E-state index in [1.54, 1.807) is 7.05 Å². The van der Waals surface area contributed by atoms with Gasteiger partial charge in [0.2, 0.25) is 15.9 Å². The van der Waals surface area contributed by atoms with Gasteiger partial charge in [0.15, 0.2) is 5.96 Å². The third-order valence-corrected chi connectivity index (χ3v) is 5.03. The molecule has 0 unspecified atom stereocenters. The number of benzene rings is 1. The molecule has 2 aromatic rings. The van der Waals surface area contributed by atoms with Gasteiger partial charge in [-0.05, 0) is 19.4 Å². The van der Waals surface area contributed by atoms with Crippen LogP contribution in [-0.2, 0) is 23.1 Å². The van der Waals surface area contributed by atoms with Gasteiger partial charge in [0.05, 0.1) is 18.0 Å². The van der Waals surface area contributed by atoms with Gasteiger partial charge >= 0.3 is 0 Å². The Labute approximate surface area is 177 Å². The van der Waals surface area contributed by atoms with Crippen LogP contribution in [-0.4, -0.2) is 38.7 Å². The summed E-state index contributed by atoms with van der Waals surface area (Å²) in [5.41, 5.74) is 1.76. The van der Waals surface area contributed by atoms with Crippen molar-refractivity contribution in [2.24, 2.45) is 4.99 Å². The average molecular weight is 507 g/mol. The molecule has 0 aliphatic heterocycles. The van der Waals surface area contributed by atoms with Crippen LogP contribution in [0.2, 0.25) is 0 Å². The van der Waals surface area contributed by atoms with E-state index in [4.69, 9.17) is 4.42 Å². The highest BCUT2D eigenvalue weighted by Crippen LogP contribution is 2.07. The van der Waals surface area contributed by atoms with Crippen molar-refractivity contribution < 1.29 is 12.8 Å². The van der Waals surface area contributed by atoms with Crippen molar-refractivity contribution in [1.82, 2.24) is 20.3 Å². The van der Waals surface area contributed by atoms with E-state index in [1.807, 2.05) is 44.2 Å². The fourth-order valence-corrected chi connectivity index (χ4v) is 3.06. The second kappa shape index (κ2) is 11.2. The molecule has 1 aromatic carbocycles. The van der Waals surface area contributed by atoms with E-state index in [0.29, 0.717) is 18.4 Å². The number of sulfonamides is 1. The largest absolute Gasteiger partial charge is 0.444 e. The zero-order chi connectivity index (χ0) is 19.0. The third kappa shape index (κ3) is 8.26. The molecule has 0 bridgehead atoms. The Balaban J connectivity index is 0.00000364. The number of aliphatic imine (C=N–C) groups is 1. The monoisotopic (exact) mass is 507 g/mol. The van der Waals surface area contributed by atoms with E-state index < -0.39 is 10.0 Å². The Morgan fingerprint density at radius 1 is 1.15 bits per heavy atom. The topological polar surface area (TPSA) is 109 Å². The van der Waals surface area contributed by atoms with Crippen LogP contribution in [0.15, 0.2) is 39.7 Å². The van der Waals surface area contributed by atoms with Crippen LogP contribution in [0.4, 0.5) is 0 Å². The first-order valence-corrected chi connectivity index (χ1v) is 9.93. The Bertz CT molecular complexity index is 818. The number of guanidine groups is 1. The molecule has 0 saturated heterocycles. The minimum Gasteiger partial charge on any atom is -0.444 e. The molecule has 27 heavy (non-hydrogen) atoms. The second-order valence-corrected chi connectivity index (χ2v) is 7.65. The van der Waals surface area contributed by atoms with E-state index in [9.17, 15) is 8.42 Å². The molecular formula is C17H26IN5O3S. The first-order valence-electron chi connectivity index (χ1n) is 8.28. The van der Waals surface area contributed by atoms with Gasteiger partial charge < -0.3 is 15.1 Å². The summed E-state index contributed by atoms with van der Waals surface area (Å²) in [4.78, 5) is 8.33. The number of aryl methyl sites for hydroxylation is 2. The zero-order valence-electron chi connectivity index (χ0n) is 15.7. The van der Waals surface area contributed by atoms with Crippen LogP contribution < -0.4 is 15.4 Å². The molecule has 3 N–H and O–H groups in total. The smallest absolute Gasteiger partial charge is 0.214 e. The molecule has 1 heterocycles. The van der Waals surface area contributed by atoms with Gasteiger partial charge in [-0.1, -0.05) is 30.3 Å². The van der Waals surface area contributed by atoms with E-state index >= 15 is 0 Å². The highest BCUT2D eigenvalue weighted by molar-refractivity contribution is 14.0. The molecule has 10 heteroatoms. The predicted octanol–water partition coefficient (Wildman–Crippen LogP) is 1.69. The molecule has 2 rings (SSSR count). The standard InChI is InChI=1S/C17H25N5O3S.HI/c1-13-14(2)25-16(22-13)12-20-17(18-3)19-9-10-26(23,24)21-11-15-7-5-4-6-8-15;/h4-8,21H,9-12H2,1-3H3,(H2,18,19,20);1H. The molecule has 0 aliphatic carbocycles. The van der Waals surface area contributed by atoms with E-state index in [0.717, 1.165) is 17.0 Å². The maximum absolute atomic E-state index is 12.1. The number of hydrogen-bond acceptors (Lipinski definition) is 5. The predicted molar refractivity (Wildman–Crippen MR) is 117 cm³/mol. The molecule has 0 amide bonds. The molecule has 8 nitrogen and oxygen atoms in total. The van der Waals surface area contributed by atoms with Crippen molar-refractivity contribution >= 4 is 40.0 Å². The number of rotatable bonds is 8. The summed E-state index contributed by atoms with van der Waals surface area (Å²) in [6, 6.07) is 9.38. The van der Waals surface area contributed by atoms with Crippen LogP contribution in [0.25, 0.3) is 0 Å². The molecule has 0 atom stereocenters. The highest BCUT2D eigenvalue weighted by atomic mass is 127. The van der Waals surface area contributed by atoms with Crippen molar-refractivity contribution in [3.05, 3.63) is 53.2 Å². The molecule has 0 aliphatic rings. The maximum Gasteiger partial charge on any atom is 0.214 e. The van der Waals surface area contributed by atoms with Crippen LogP contribution >= 0.6 is 24.0 Å². The van der Waals surface area contributed by atoms with Crippen LogP contribution in [0, 0.1) is 13.8 Å². The van der Waals surface area contributed by atoms with Gasteiger partial charge in [0.25, 0.3) is 0 Å². The van der Waals surface area contributed by atoms with Crippen LogP contribution in [0.5, 0.6) is 0 Å². The van der Waals surface area contributed by atoms with Crippen LogP contribution in [0.1, 0.15) is 22.9 Å². The maximum atomic E-state index is 12.1. The van der Waals surface area contributed by atoms with Crippen molar-refractivity contribution in [3.63, 3.8) is 0 Å². The minimum absolute atomic E-state index is 0. The van der Waals surface area contributed by atoms with Gasteiger partial charge in [-0.25, -0.2) is 18.1 Å². The Hall–Kier alpha value is -1.66. The summed E-state index contributed by atoms with van der Waals surface area (Å²) in [6.45, 7) is 4.61. The first-order chi connectivity index (χ1) is 12.4. The van der Waals surface area contributed by atoms with Crippen molar-refractivity contribution in [2.45, 2.75) is 26.9 Å². The Morgan fingerprint density at radius 3 is 2.44 bits per heavy atom. The van der Waals surface area contributed by atoms with Gasteiger partial charge in [-0.2, -0.15) is 0 Å². The van der Waals surface area contributed by atoms with Gasteiger partial charge in [0, 0.05) is 20.1 Å². The second-order valence-electron chi connectivity index (χ2n) is 5.73.